The molecular formula is C21H23NO6S2. The summed E-state index contributed by atoms with van der Waals surface area (Å²) in [5, 5.41) is 30.5. The van der Waals surface area contributed by atoms with E-state index < -0.39 is 17.4 Å². The molecule has 7 nitrogen and oxygen atoms in total. The zero-order chi connectivity index (χ0) is 22.5. The molecule has 1 aromatic rings. The average molecular weight is 450 g/mol. The lowest BCUT2D eigenvalue weighted by Gasteiger charge is -2.22. The van der Waals surface area contributed by atoms with Gasteiger partial charge in [0, 0.05) is 11.6 Å². The SMILES string of the molecule is C=CC(=O)OCCCCOC(=O)/C(C#N)=C1\Sc2c(O)cc(C(C)(C)C)c(O)c2S1. The van der Waals surface area contributed by atoms with Crippen LogP contribution in [0.1, 0.15) is 39.2 Å². The number of phenols is 2. The molecule has 2 N–H and O–H groups in total. The number of unbranched alkanes of at least 4 members (excludes halogenated alkanes) is 1. The lowest BCUT2D eigenvalue weighted by atomic mass is 9.86. The smallest absolute Gasteiger partial charge is 0.350 e. The number of fused-ring (bicyclic) bond motifs is 1. The molecule has 0 spiro atoms. The summed E-state index contributed by atoms with van der Waals surface area (Å²) < 4.78 is 10.3. The van der Waals surface area contributed by atoms with Gasteiger partial charge in [0.05, 0.1) is 27.2 Å². The molecule has 1 aliphatic heterocycles. The van der Waals surface area contributed by atoms with Crippen LogP contribution in [0.15, 0.2) is 38.3 Å². The minimum absolute atomic E-state index is 0.0139. The van der Waals surface area contributed by atoms with Gasteiger partial charge in [-0.2, -0.15) is 5.26 Å². The van der Waals surface area contributed by atoms with E-state index in [4.69, 9.17) is 9.47 Å². The molecule has 1 aromatic carbocycles. The van der Waals surface area contributed by atoms with Crippen LogP contribution < -0.4 is 0 Å². The molecule has 0 aromatic heterocycles. The largest absolute Gasteiger partial charge is 0.507 e. The third-order valence-electron chi connectivity index (χ3n) is 4.09. The molecule has 0 bridgehead atoms. The Labute approximate surface area is 183 Å². The summed E-state index contributed by atoms with van der Waals surface area (Å²) in [6, 6.07) is 3.36. The number of carbonyl (C=O) groups is 2. The van der Waals surface area contributed by atoms with Crippen LogP contribution in [0, 0.1) is 11.3 Å². The molecule has 9 heteroatoms. The maximum Gasteiger partial charge on any atom is 0.350 e. The Kier molecular flexibility index (Phi) is 7.87. The number of benzene rings is 1. The Hall–Kier alpha value is -2.57. The fourth-order valence-corrected chi connectivity index (χ4v) is 5.04. The molecule has 1 heterocycles. The third-order valence-corrected chi connectivity index (χ3v) is 6.72. The molecule has 0 fully saturated rings. The van der Waals surface area contributed by atoms with Crippen molar-refractivity contribution in [2.75, 3.05) is 13.2 Å². The Morgan fingerprint density at radius 3 is 2.33 bits per heavy atom. The predicted molar refractivity (Wildman–Crippen MR) is 114 cm³/mol. The second-order valence-electron chi connectivity index (χ2n) is 7.39. The number of nitrogens with zero attached hydrogens (tertiary/aromatic N) is 1. The van der Waals surface area contributed by atoms with E-state index in [0.29, 0.717) is 32.4 Å². The van der Waals surface area contributed by atoms with Gasteiger partial charge < -0.3 is 19.7 Å². The van der Waals surface area contributed by atoms with Gasteiger partial charge >= 0.3 is 11.9 Å². The summed E-state index contributed by atoms with van der Waals surface area (Å²) >= 11 is 2.12. The minimum atomic E-state index is -0.779. The number of hydrogen-bond acceptors (Lipinski definition) is 9. The maximum absolute atomic E-state index is 12.3. The third kappa shape index (κ3) is 5.52. The predicted octanol–water partition coefficient (Wildman–Crippen LogP) is 4.38. The summed E-state index contributed by atoms with van der Waals surface area (Å²) in [6.07, 6.45) is 2.03. The monoisotopic (exact) mass is 449 g/mol. The van der Waals surface area contributed by atoms with Crippen molar-refractivity contribution < 1.29 is 29.3 Å². The van der Waals surface area contributed by atoms with Gasteiger partial charge in [0.15, 0.2) is 5.57 Å². The lowest BCUT2D eigenvalue weighted by molar-refractivity contribution is -0.140. The number of nitriles is 1. The molecule has 30 heavy (non-hydrogen) atoms. The van der Waals surface area contributed by atoms with Crippen LogP contribution in [-0.2, 0) is 24.5 Å². The first-order valence-corrected chi connectivity index (χ1v) is 10.8. The Morgan fingerprint density at radius 2 is 1.77 bits per heavy atom. The van der Waals surface area contributed by atoms with E-state index in [9.17, 15) is 25.1 Å². The van der Waals surface area contributed by atoms with E-state index in [0.717, 1.165) is 29.6 Å². The molecule has 0 saturated heterocycles. The molecule has 1 aliphatic rings. The first-order chi connectivity index (χ1) is 14.1. The van der Waals surface area contributed by atoms with Crippen LogP contribution in [-0.4, -0.2) is 35.4 Å². The van der Waals surface area contributed by atoms with Crippen LogP contribution in [0.2, 0.25) is 0 Å². The molecular weight excluding hydrogens is 426 g/mol. The number of hydrogen-bond donors (Lipinski definition) is 2. The lowest BCUT2D eigenvalue weighted by Crippen LogP contribution is -2.11. The summed E-state index contributed by atoms with van der Waals surface area (Å²) in [5.41, 5.74) is -0.00705. The zero-order valence-corrected chi connectivity index (χ0v) is 18.6. The van der Waals surface area contributed by atoms with E-state index in [1.54, 1.807) is 0 Å². The van der Waals surface area contributed by atoms with Gasteiger partial charge in [-0.15, -0.1) is 0 Å². The number of carbonyl (C=O) groups excluding carboxylic acids is 2. The quantitative estimate of drug-likeness (QED) is 0.206. The van der Waals surface area contributed by atoms with E-state index in [2.05, 4.69) is 6.58 Å². The number of rotatable bonds is 7. The van der Waals surface area contributed by atoms with Gasteiger partial charge in [-0.05, 0) is 24.3 Å². The summed E-state index contributed by atoms with van der Waals surface area (Å²) in [5.74, 6) is -1.28. The summed E-state index contributed by atoms with van der Waals surface area (Å²) in [4.78, 5) is 24.1. The summed E-state index contributed by atoms with van der Waals surface area (Å²) in [7, 11) is 0. The van der Waals surface area contributed by atoms with Crippen molar-refractivity contribution in [1.29, 1.82) is 5.26 Å². The highest BCUT2D eigenvalue weighted by Crippen LogP contribution is 2.60. The van der Waals surface area contributed by atoms with Gasteiger partial charge in [-0.1, -0.05) is 50.9 Å². The standard InChI is InChI=1S/C21H23NO6S2/c1-5-15(24)27-8-6-7-9-28-19(26)12(11-22)20-29-17-14(23)10-13(21(2,3)4)16(25)18(17)30-20/h5,10,23,25H,1,6-9H2,2-4H3/b20-12+. The van der Waals surface area contributed by atoms with Gasteiger partial charge in [0.2, 0.25) is 0 Å². The fourth-order valence-electron chi connectivity index (χ4n) is 2.54. The van der Waals surface area contributed by atoms with Crippen molar-refractivity contribution >= 4 is 35.5 Å². The van der Waals surface area contributed by atoms with Crippen LogP contribution in [0.3, 0.4) is 0 Å². The van der Waals surface area contributed by atoms with Crippen LogP contribution in [0.4, 0.5) is 0 Å². The summed E-state index contributed by atoms with van der Waals surface area (Å²) in [6.45, 7) is 9.27. The van der Waals surface area contributed by atoms with E-state index >= 15 is 0 Å². The van der Waals surface area contributed by atoms with Crippen LogP contribution in [0.25, 0.3) is 0 Å². The highest BCUT2D eigenvalue weighted by molar-refractivity contribution is 8.24. The fraction of sp³-hybridized carbons (Fsp3) is 0.381. The van der Waals surface area contributed by atoms with Crippen molar-refractivity contribution in [2.24, 2.45) is 0 Å². The highest BCUT2D eigenvalue weighted by Gasteiger charge is 2.33. The molecule has 2 rings (SSSR count). The van der Waals surface area contributed by atoms with Crippen LogP contribution in [0.5, 0.6) is 11.5 Å². The molecule has 0 radical (unpaired) electrons. The Balaban J connectivity index is 2.07. The van der Waals surface area contributed by atoms with Gasteiger partial charge in [-0.3, -0.25) is 0 Å². The second kappa shape index (κ2) is 9.96. The maximum atomic E-state index is 12.3. The molecule has 0 aliphatic carbocycles. The number of aromatic hydroxyl groups is 2. The molecule has 160 valence electrons. The number of ether oxygens (including phenoxy) is 2. The zero-order valence-electron chi connectivity index (χ0n) is 17.0. The molecule has 0 amide bonds. The second-order valence-corrected chi connectivity index (χ2v) is 9.69. The first-order valence-electron chi connectivity index (χ1n) is 9.16. The van der Waals surface area contributed by atoms with Crippen molar-refractivity contribution in [3.8, 4) is 17.6 Å². The van der Waals surface area contributed by atoms with E-state index in [1.165, 1.54) is 6.07 Å². The Bertz CT molecular complexity index is 940. The minimum Gasteiger partial charge on any atom is -0.507 e. The van der Waals surface area contributed by atoms with E-state index in [-0.39, 0.29) is 30.3 Å². The normalized spacial score (nSPS) is 14.5. The Morgan fingerprint density at radius 1 is 1.17 bits per heavy atom. The van der Waals surface area contributed by atoms with Gasteiger partial charge in [0.25, 0.3) is 0 Å². The van der Waals surface area contributed by atoms with Crippen molar-refractivity contribution in [3.05, 3.63) is 34.1 Å². The highest BCUT2D eigenvalue weighted by atomic mass is 32.2. The number of phenolic OH excluding ortho intramolecular Hbond substituents is 2. The van der Waals surface area contributed by atoms with Crippen molar-refractivity contribution in [2.45, 2.75) is 48.8 Å². The van der Waals surface area contributed by atoms with Crippen molar-refractivity contribution in [1.82, 2.24) is 0 Å². The van der Waals surface area contributed by atoms with Crippen LogP contribution >= 0.6 is 23.5 Å². The number of thioether (sulfide) groups is 2. The first kappa shape index (κ1) is 23.7. The number of esters is 2. The van der Waals surface area contributed by atoms with Gasteiger partial charge in [-0.25, -0.2) is 9.59 Å². The molecule has 0 unspecified atom stereocenters. The molecule has 0 atom stereocenters. The van der Waals surface area contributed by atoms with Crippen molar-refractivity contribution in [3.63, 3.8) is 0 Å². The topological polar surface area (TPSA) is 117 Å². The van der Waals surface area contributed by atoms with E-state index in [1.807, 2.05) is 26.8 Å². The van der Waals surface area contributed by atoms with Gasteiger partial charge in [0.1, 0.15) is 17.6 Å². The average Bonchev–Trinajstić information content (AvgIpc) is 3.12. The molecule has 0 saturated carbocycles.